The second-order valence-electron chi connectivity index (χ2n) is 3.99. The number of imidazole rings is 1. The third-order valence-corrected chi connectivity index (χ3v) is 2.83. The highest BCUT2D eigenvalue weighted by Gasteiger charge is 2.08. The van der Waals surface area contributed by atoms with E-state index in [1.807, 2.05) is 23.7 Å². The lowest BCUT2D eigenvalue weighted by Gasteiger charge is -2.05. The lowest BCUT2D eigenvalue weighted by Crippen LogP contribution is -1.91. The van der Waals surface area contributed by atoms with Gasteiger partial charge in [0, 0.05) is 24.2 Å². The van der Waals surface area contributed by atoms with Gasteiger partial charge in [-0.25, -0.2) is 4.98 Å². The Morgan fingerprint density at radius 3 is 2.88 bits per heavy atom. The van der Waals surface area contributed by atoms with Gasteiger partial charge in [0.1, 0.15) is 5.65 Å². The Morgan fingerprint density at radius 1 is 1.25 bits per heavy atom. The maximum atomic E-state index is 4.29. The molecule has 0 spiro atoms. The van der Waals surface area contributed by atoms with Crippen molar-refractivity contribution >= 4 is 5.65 Å². The average Bonchev–Trinajstić information content (AvgIpc) is 2.85. The molecule has 0 atom stereocenters. The molecule has 0 aromatic carbocycles. The van der Waals surface area contributed by atoms with Crippen LogP contribution in [0, 0.1) is 13.8 Å². The van der Waals surface area contributed by atoms with Gasteiger partial charge >= 0.3 is 0 Å². The second-order valence-corrected chi connectivity index (χ2v) is 3.99. The molecule has 3 rings (SSSR count). The Bertz CT molecular complexity index is 648. The lowest BCUT2D eigenvalue weighted by molar-refractivity contribution is 1.09. The fourth-order valence-corrected chi connectivity index (χ4v) is 1.95. The normalized spacial score (nSPS) is 11.1. The summed E-state index contributed by atoms with van der Waals surface area (Å²) in [7, 11) is 0. The van der Waals surface area contributed by atoms with E-state index in [0.29, 0.717) is 0 Å². The van der Waals surface area contributed by atoms with Crippen molar-refractivity contribution in [1.29, 1.82) is 0 Å². The molecule has 0 saturated heterocycles. The molecule has 3 heterocycles. The molecule has 16 heavy (non-hydrogen) atoms. The molecule has 0 aliphatic heterocycles. The number of aromatic amines is 1. The maximum Gasteiger partial charge on any atom is 0.137 e. The lowest BCUT2D eigenvalue weighted by atomic mass is 10.1. The number of pyridine rings is 1. The summed E-state index contributed by atoms with van der Waals surface area (Å²) in [5.41, 5.74) is 5.54. The van der Waals surface area contributed by atoms with Gasteiger partial charge in [-0.05, 0) is 31.0 Å². The number of nitrogens with zero attached hydrogens (tertiary/aromatic N) is 3. The van der Waals surface area contributed by atoms with Gasteiger partial charge in [0.05, 0.1) is 11.9 Å². The van der Waals surface area contributed by atoms with Crippen LogP contribution in [0.15, 0.2) is 30.9 Å². The van der Waals surface area contributed by atoms with E-state index in [2.05, 4.69) is 34.4 Å². The van der Waals surface area contributed by atoms with Crippen LogP contribution in [-0.2, 0) is 0 Å². The third-order valence-electron chi connectivity index (χ3n) is 2.83. The minimum absolute atomic E-state index is 0.953. The molecule has 0 aliphatic rings. The van der Waals surface area contributed by atoms with Crippen molar-refractivity contribution in [3.05, 3.63) is 42.0 Å². The molecule has 0 amide bonds. The molecular weight excluding hydrogens is 200 g/mol. The summed E-state index contributed by atoms with van der Waals surface area (Å²) in [4.78, 5) is 4.29. The number of H-pyrrole nitrogens is 1. The minimum Gasteiger partial charge on any atom is -0.307 e. The highest BCUT2D eigenvalue weighted by molar-refractivity contribution is 5.69. The van der Waals surface area contributed by atoms with Crippen LogP contribution in [0.5, 0.6) is 0 Å². The molecular formula is C12H12N4. The molecule has 0 saturated carbocycles. The number of hydrogen-bond acceptors (Lipinski definition) is 2. The van der Waals surface area contributed by atoms with Gasteiger partial charge in [-0.1, -0.05) is 0 Å². The largest absolute Gasteiger partial charge is 0.307 e. The standard InChI is InChI=1S/C12H12N4/c1-8-6-14-15-12(8)10-5-11-13-3-4-16(11)7-9(10)2/h3-7H,1-2H3,(H,14,15). The predicted molar refractivity (Wildman–Crippen MR) is 62.2 cm³/mol. The zero-order chi connectivity index (χ0) is 11.1. The summed E-state index contributed by atoms with van der Waals surface area (Å²) in [5.74, 6) is 0. The summed E-state index contributed by atoms with van der Waals surface area (Å²) >= 11 is 0. The Labute approximate surface area is 93.0 Å². The van der Waals surface area contributed by atoms with Crippen molar-refractivity contribution in [3.8, 4) is 11.3 Å². The first-order chi connectivity index (χ1) is 7.75. The first-order valence-electron chi connectivity index (χ1n) is 5.19. The molecule has 80 valence electrons. The maximum absolute atomic E-state index is 4.29. The molecule has 3 aromatic rings. The summed E-state index contributed by atoms with van der Waals surface area (Å²) in [6.07, 6.45) is 7.67. The quantitative estimate of drug-likeness (QED) is 0.673. The Kier molecular flexibility index (Phi) is 1.83. The molecule has 0 aliphatic carbocycles. The zero-order valence-corrected chi connectivity index (χ0v) is 9.23. The van der Waals surface area contributed by atoms with Crippen molar-refractivity contribution in [2.75, 3.05) is 0 Å². The average molecular weight is 212 g/mol. The van der Waals surface area contributed by atoms with E-state index < -0.39 is 0 Å². The number of fused-ring (bicyclic) bond motifs is 1. The van der Waals surface area contributed by atoms with Crippen LogP contribution >= 0.6 is 0 Å². The van der Waals surface area contributed by atoms with E-state index in [0.717, 1.165) is 22.5 Å². The Morgan fingerprint density at radius 2 is 2.12 bits per heavy atom. The highest BCUT2D eigenvalue weighted by atomic mass is 15.1. The second kappa shape index (κ2) is 3.20. The number of rotatable bonds is 1. The van der Waals surface area contributed by atoms with Gasteiger partial charge in [0.15, 0.2) is 0 Å². The SMILES string of the molecule is Cc1cn2ccnc2cc1-c1[nH]ncc1C. The first-order valence-corrected chi connectivity index (χ1v) is 5.19. The van der Waals surface area contributed by atoms with E-state index in [4.69, 9.17) is 0 Å². The van der Waals surface area contributed by atoms with E-state index in [1.54, 1.807) is 6.20 Å². The van der Waals surface area contributed by atoms with Gasteiger partial charge in [-0.15, -0.1) is 0 Å². The van der Waals surface area contributed by atoms with Crippen molar-refractivity contribution in [2.24, 2.45) is 0 Å². The summed E-state index contributed by atoms with van der Waals surface area (Å²) in [6.45, 7) is 4.14. The summed E-state index contributed by atoms with van der Waals surface area (Å²) < 4.78 is 2.02. The van der Waals surface area contributed by atoms with E-state index in [1.165, 1.54) is 5.56 Å². The topological polar surface area (TPSA) is 46.0 Å². The Balaban J connectivity index is 2.30. The van der Waals surface area contributed by atoms with Crippen molar-refractivity contribution in [3.63, 3.8) is 0 Å². The van der Waals surface area contributed by atoms with Crippen LogP contribution in [0.1, 0.15) is 11.1 Å². The van der Waals surface area contributed by atoms with Gasteiger partial charge in [0.2, 0.25) is 0 Å². The summed E-state index contributed by atoms with van der Waals surface area (Å²) in [6, 6.07) is 2.08. The van der Waals surface area contributed by atoms with Crippen molar-refractivity contribution in [1.82, 2.24) is 19.6 Å². The van der Waals surface area contributed by atoms with E-state index >= 15 is 0 Å². The third kappa shape index (κ3) is 1.23. The molecule has 3 aromatic heterocycles. The molecule has 0 fully saturated rings. The highest BCUT2D eigenvalue weighted by Crippen LogP contribution is 2.25. The van der Waals surface area contributed by atoms with Crippen LogP contribution < -0.4 is 0 Å². The molecule has 4 heteroatoms. The molecule has 1 N–H and O–H groups in total. The fraction of sp³-hybridized carbons (Fsp3) is 0.167. The number of aryl methyl sites for hydroxylation is 2. The number of nitrogens with one attached hydrogen (secondary N) is 1. The summed E-state index contributed by atoms with van der Waals surface area (Å²) in [5, 5.41) is 7.09. The molecule has 0 unspecified atom stereocenters. The van der Waals surface area contributed by atoms with Crippen molar-refractivity contribution < 1.29 is 0 Å². The first kappa shape index (κ1) is 9.15. The Hall–Kier alpha value is -2.10. The van der Waals surface area contributed by atoms with Crippen LogP contribution in [0.25, 0.3) is 16.9 Å². The number of aromatic nitrogens is 4. The van der Waals surface area contributed by atoms with E-state index in [-0.39, 0.29) is 0 Å². The van der Waals surface area contributed by atoms with Gasteiger partial charge in [0.25, 0.3) is 0 Å². The van der Waals surface area contributed by atoms with Crippen LogP contribution in [-0.4, -0.2) is 19.6 Å². The minimum atomic E-state index is 0.953. The van der Waals surface area contributed by atoms with Gasteiger partial charge in [-0.2, -0.15) is 5.10 Å². The zero-order valence-electron chi connectivity index (χ0n) is 9.23. The molecule has 4 nitrogen and oxygen atoms in total. The number of hydrogen-bond donors (Lipinski definition) is 1. The van der Waals surface area contributed by atoms with Crippen LogP contribution in [0.2, 0.25) is 0 Å². The molecule has 0 bridgehead atoms. The molecule has 0 radical (unpaired) electrons. The van der Waals surface area contributed by atoms with Crippen LogP contribution in [0.4, 0.5) is 0 Å². The van der Waals surface area contributed by atoms with Crippen LogP contribution in [0.3, 0.4) is 0 Å². The van der Waals surface area contributed by atoms with Crippen molar-refractivity contribution in [2.45, 2.75) is 13.8 Å². The smallest absolute Gasteiger partial charge is 0.137 e. The van der Waals surface area contributed by atoms with Gasteiger partial charge < -0.3 is 4.40 Å². The van der Waals surface area contributed by atoms with Gasteiger partial charge in [-0.3, -0.25) is 5.10 Å². The van der Waals surface area contributed by atoms with E-state index in [9.17, 15) is 0 Å². The predicted octanol–water partition coefficient (Wildman–Crippen LogP) is 2.34. The monoisotopic (exact) mass is 212 g/mol. The fourth-order valence-electron chi connectivity index (χ4n) is 1.95.